The van der Waals surface area contributed by atoms with Crippen molar-refractivity contribution in [2.45, 2.75) is 38.3 Å². The van der Waals surface area contributed by atoms with Crippen molar-refractivity contribution in [3.63, 3.8) is 0 Å². The molecule has 1 saturated heterocycles. The summed E-state index contributed by atoms with van der Waals surface area (Å²) in [6.45, 7) is 3.25. The third-order valence-corrected chi connectivity index (χ3v) is 4.73. The van der Waals surface area contributed by atoms with Crippen LogP contribution < -0.4 is 10.6 Å². The number of piperidine rings is 1. The van der Waals surface area contributed by atoms with E-state index in [-0.39, 0.29) is 36.3 Å². The zero-order valence-corrected chi connectivity index (χ0v) is 14.6. The maximum absolute atomic E-state index is 12.5. The lowest BCUT2D eigenvalue weighted by atomic mass is 10.0. The molecule has 2 N–H and O–H groups in total. The number of hydrogen-bond donors (Lipinski definition) is 2. The molecule has 2 atom stereocenters. The molecule has 0 spiro atoms. The van der Waals surface area contributed by atoms with Crippen LogP contribution in [0.15, 0.2) is 17.5 Å². The molecule has 1 fully saturated rings. The van der Waals surface area contributed by atoms with E-state index in [9.17, 15) is 9.59 Å². The van der Waals surface area contributed by atoms with Crippen molar-refractivity contribution in [2.24, 2.45) is 0 Å². The number of carbonyl (C=O) groups is 2. The summed E-state index contributed by atoms with van der Waals surface area (Å²) < 4.78 is 0. The van der Waals surface area contributed by atoms with Crippen LogP contribution in [0.25, 0.3) is 0 Å². The highest BCUT2D eigenvalue weighted by molar-refractivity contribution is 7.12. The molecule has 2 rings (SSSR count). The first-order chi connectivity index (χ1) is 10.1. The van der Waals surface area contributed by atoms with Crippen LogP contribution in [0.5, 0.6) is 0 Å². The fraction of sp³-hybridized carbons (Fsp3) is 0.600. The minimum Gasteiger partial charge on any atom is -0.353 e. The summed E-state index contributed by atoms with van der Waals surface area (Å²) in [5.74, 6) is -0.0618. The highest BCUT2D eigenvalue weighted by Gasteiger charge is 2.32. The Hall–Kier alpha value is -1.11. The van der Waals surface area contributed by atoms with Gasteiger partial charge in [-0.15, -0.1) is 23.7 Å². The maximum atomic E-state index is 12.5. The Morgan fingerprint density at radius 3 is 2.86 bits per heavy atom. The van der Waals surface area contributed by atoms with Crippen molar-refractivity contribution in [3.05, 3.63) is 22.4 Å². The number of likely N-dealkylation sites (N-methyl/N-ethyl adjacent to an activating group) is 1. The fourth-order valence-electron chi connectivity index (χ4n) is 2.46. The molecule has 124 valence electrons. The zero-order valence-electron chi connectivity index (χ0n) is 13.0. The molecule has 0 aromatic carbocycles. The third-order valence-electron chi connectivity index (χ3n) is 3.87. The smallest absolute Gasteiger partial charge is 0.264 e. The third kappa shape index (κ3) is 4.69. The second kappa shape index (κ2) is 9.12. The van der Waals surface area contributed by atoms with Crippen LogP contribution in [-0.2, 0) is 4.79 Å². The summed E-state index contributed by atoms with van der Waals surface area (Å²) in [5.41, 5.74) is 0. The molecule has 2 unspecified atom stereocenters. The predicted octanol–water partition coefficient (Wildman–Crippen LogP) is 1.89. The first-order valence-electron chi connectivity index (χ1n) is 7.43. The van der Waals surface area contributed by atoms with Crippen LogP contribution in [0, 0.1) is 0 Å². The molecule has 0 saturated carbocycles. The summed E-state index contributed by atoms with van der Waals surface area (Å²) in [7, 11) is 1.87. The monoisotopic (exact) mass is 345 g/mol. The van der Waals surface area contributed by atoms with Gasteiger partial charge in [-0.2, -0.15) is 0 Å². The lowest BCUT2D eigenvalue weighted by molar-refractivity contribution is -0.126. The van der Waals surface area contributed by atoms with Gasteiger partial charge in [0.2, 0.25) is 5.91 Å². The van der Waals surface area contributed by atoms with Crippen LogP contribution >= 0.6 is 23.7 Å². The van der Waals surface area contributed by atoms with Gasteiger partial charge in [0.25, 0.3) is 5.91 Å². The van der Waals surface area contributed by atoms with E-state index in [1.165, 1.54) is 11.3 Å². The van der Waals surface area contributed by atoms with Crippen LogP contribution in [0.3, 0.4) is 0 Å². The van der Waals surface area contributed by atoms with Gasteiger partial charge in [0, 0.05) is 19.1 Å². The summed E-state index contributed by atoms with van der Waals surface area (Å²) in [4.78, 5) is 27.3. The second-order valence-electron chi connectivity index (χ2n) is 5.42. The van der Waals surface area contributed by atoms with Crippen molar-refractivity contribution >= 4 is 35.6 Å². The molecule has 7 heteroatoms. The first kappa shape index (κ1) is 18.9. The standard InChI is InChI=1S/C15H23N3O2S.ClH/c1-11(16-2)10-17-14(19)12-6-3-4-8-18(12)15(20)13-7-5-9-21-13;/h5,7,9,11-12,16H,3-4,6,8,10H2,1-2H3,(H,17,19);1H. The Balaban J connectivity index is 0.00000242. The molecule has 0 radical (unpaired) electrons. The SMILES string of the molecule is CNC(C)CNC(=O)C1CCCCN1C(=O)c1cccs1.Cl. The molecule has 1 aromatic heterocycles. The Morgan fingerprint density at radius 1 is 1.45 bits per heavy atom. The molecule has 0 aliphatic carbocycles. The molecule has 1 aliphatic rings. The average molecular weight is 346 g/mol. The minimum atomic E-state index is -0.336. The lowest BCUT2D eigenvalue weighted by Crippen LogP contribution is -2.53. The van der Waals surface area contributed by atoms with Crippen LogP contribution in [-0.4, -0.2) is 48.9 Å². The van der Waals surface area contributed by atoms with Crippen LogP contribution in [0.4, 0.5) is 0 Å². The Bertz CT molecular complexity index is 481. The summed E-state index contributed by atoms with van der Waals surface area (Å²) >= 11 is 1.43. The Morgan fingerprint density at radius 2 is 2.23 bits per heavy atom. The van der Waals surface area contributed by atoms with Gasteiger partial charge < -0.3 is 15.5 Å². The van der Waals surface area contributed by atoms with E-state index in [1.807, 2.05) is 31.5 Å². The van der Waals surface area contributed by atoms with Crippen molar-refractivity contribution in [1.29, 1.82) is 0 Å². The molecular weight excluding hydrogens is 322 g/mol. The molecule has 5 nitrogen and oxygen atoms in total. The highest BCUT2D eigenvalue weighted by atomic mass is 35.5. The molecule has 22 heavy (non-hydrogen) atoms. The van der Waals surface area contributed by atoms with E-state index >= 15 is 0 Å². The van der Waals surface area contributed by atoms with Gasteiger partial charge in [-0.1, -0.05) is 6.07 Å². The molecule has 0 bridgehead atoms. The minimum absolute atomic E-state index is 0. The number of nitrogens with zero attached hydrogens (tertiary/aromatic N) is 1. The summed E-state index contributed by atoms with van der Waals surface area (Å²) in [6, 6.07) is 3.57. The van der Waals surface area contributed by atoms with E-state index in [0.717, 1.165) is 19.3 Å². The van der Waals surface area contributed by atoms with Crippen molar-refractivity contribution in [2.75, 3.05) is 20.1 Å². The summed E-state index contributed by atoms with van der Waals surface area (Å²) in [5, 5.41) is 7.92. The van der Waals surface area contributed by atoms with E-state index < -0.39 is 0 Å². The van der Waals surface area contributed by atoms with E-state index in [2.05, 4.69) is 10.6 Å². The number of rotatable bonds is 5. The fourth-order valence-corrected chi connectivity index (χ4v) is 3.14. The average Bonchev–Trinajstić information content (AvgIpc) is 3.05. The van der Waals surface area contributed by atoms with Crippen LogP contribution in [0.2, 0.25) is 0 Å². The number of nitrogens with one attached hydrogen (secondary N) is 2. The first-order valence-corrected chi connectivity index (χ1v) is 8.31. The van der Waals surface area contributed by atoms with E-state index in [1.54, 1.807) is 4.90 Å². The van der Waals surface area contributed by atoms with Crippen molar-refractivity contribution < 1.29 is 9.59 Å². The number of halogens is 1. The molecule has 2 heterocycles. The molecule has 1 aliphatic heterocycles. The number of likely N-dealkylation sites (tertiary alicyclic amines) is 1. The van der Waals surface area contributed by atoms with Gasteiger partial charge in [-0.05, 0) is 44.7 Å². The molecule has 1 aromatic rings. The van der Waals surface area contributed by atoms with Gasteiger partial charge >= 0.3 is 0 Å². The largest absolute Gasteiger partial charge is 0.353 e. The van der Waals surface area contributed by atoms with E-state index in [0.29, 0.717) is 18.0 Å². The second-order valence-corrected chi connectivity index (χ2v) is 6.37. The number of amides is 2. The maximum Gasteiger partial charge on any atom is 0.264 e. The predicted molar refractivity (Wildman–Crippen MR) is 91.8 cm³/mol. The Labute approximate surface area is 141 Å². The van der Waals surface area contributed by atoms with E-state index in [4.69, 9.17) is 0 Å². The number of thiophene rings is 1. The van der Waals surface area contributed by atoms with Gasteiger partial charge in [0.15, 0.2) is 0 Å². The quantitative estimate of drug-likeness (QED) is 0.856. The van der Waals surface area contributed by atoms with Crippen molar-refractivity contribution in [1.82, 2.24) is 15.5 Å². The zero-order chi connectivity index (χ0) is 15.2. The van der Waals surface area contributed by atoms with Crippen molar-refractivity contribution in [3.8, 4) is 0 Å². The van der Waals surface area contributed by atoms with Crippen LogP contribution in [0.1, 0.15) is 35.9 Å². The molecular formula is C15H24ClN3O2S. The summed E-state index contributed by atoms with van der Waals surface area (Å²) in [6.07, 6.45) is 2.71. The normalized spacial score (nSPS) is 19.2. The lowest BCUT2D eigenvalue weighted by Gasteiger charge is -2.34. The van der Waals surface area contributed by atoms with Gasteiger partial charge in [-0.3, -0.25) is 9.59 Å². The molecule has 2 amide bonds. The number of hydrogen-bond acceptors (Lipinski definition) is 4. The number of carbonyl (C=O) groups excluding carboxylic acids is 2. The van der Waals surface area contributed by atoms with Gasteiger partial charge in [0.05, 0.1) is 4.88 Å². The highest BCUT2D eigenvalue weighted by Crippen LogP contribution is 2.21. The Kier molecular flexibility index (Phi) is 7.85. The van der Waals surface area contributed by atoms with Gasteiger partial charge in [0.1, 0.15) is 6.04 Å². The topological polar surface area (TPSA) is 61.4 Å². The van der Waals surface area contributed by atoms with Gasteiger partial charge in [-0.25, -0.2) is 0 Å².